The van der Waals surface area contributed by atoms with Gasteiger partial charge in [0.25, 0.3) is 0 Å². The van der Waals surface area contributed by atoms with Crippen molar-refractivity contribution in [2.24, 2.45) is 0 Å². The Labute approximate surface area is 144 Å². The van der Waals surface area contributed by atoms with Crippen LogP contribution in [0.2, 0.25) is 0 Å². The first-order valence-electron chi connectivity index (χ1n) is 8.66. The minimum atomic E-state index is 0.292. The third-order valence-corrected chi connectivity index (χ3v) is 5.05. The summed E-state index contributed by atoms with van der Waals surface area (Å²) in [5.74, 6) is 0. The molecule has 0 aromatic carbocycles. The molecule has 2 aromatic heterocycles. The van der Waals surface area contributed by atoms with E-state index < -0.39 is 0 Å². The monoisotopic (exact) mass is 320 g/mol. The predicted octanol–water partition coefficient (Wildman–Crippen LogP) is 4.14. The summed E-state index contributed by atoms with van der Waals surface area (Å²) in [4.78, 5) is 11.8. The van der Waals surface area contributed by atoms with Gasteiger partial charge in [0.1, 0.15) is 0 Å². The topological polar surface area (TPSA) is 52.8 Å². The highest BCUT2D eigenvalue weighted by Crippen LogP contribution is 2.40. The Morgan fingerprint density at radius 1 is 1.12 bits per heavy atom. The fourth-order valence-electron chi connectivity index (χ4n) is 3.79. The quantitative estimate of drug-likeness (QED) is 0.849. The average Bonchev–Trinajstić information content (AvgIpc) is 2.61. The van der Waals surface area contributed by atoms with Crippen LogP contribution in [0.25, 0.3) is 0 Å². The molecular weight excluding hydrogens is 296 g/mol. The Morgan fingerprint density at radius 2 is 1.79 bits per heavy atom. The Hall–Kier alpha value is -2.25. The van der Waals surface area contributed by atoms with Crippen LogP contribution in [0.1, 0.15) is 60.3 Å². The fourth-order valence-corrected chi connectivity index (χ4v) is 3.79. The van der Waals surface area contributed by atoms with Crippen molar-refractivity contribution < 1.29 is 0 Å². The molecule has 2 unspecified atom stereocenters. The van der Waals surface area contributed by atoms with E-state index in [0.717, 1.165) is 25.0 Å². The summed E-state index contributed by atoms with van der Waals surface area (Å²) in [6, 6.07) is 11.1. The van der Waals surface area contributed by atoms with Crippen LogP contribution in [0, 0.1) is 18.3 Å². The first kappa shape index (κ1) is 16.6. The molecule has 0 spiro atoms. The van der Waals surface area contributed by atoms with E-state index in [1.807, 2.05) is 24.5 Å². The summed E-state index contributed by atoms with van der Waals surface area (Å²) in [6.07, 6.45) is 8.48. The summed E-state index contributed by atoms with van der Waals surface area (Å²) in [5.41, 5.74) is 4.77. The summed E-state index contributed by atoms with van der Waals surface area (Å²) < 4.78 is 0. The molecule has 0 aliphatic carbocycles. The van der Waals surface area contributed by atoms with Gasteiger partial charge in [-0.2, -0.15) is 5.26 Å². The molecule has 3 heterocycles. The lowest BCUT2D eigenvalue weighted by atomic mass is 9.89. The standard InChI is InChI=1S/C20H24N4/c1-15-7-5-13-22-19(15)17-10-3-11-18(24(17)2)20-16(8-4-12-21)9-6-14-23-20/h5-7,9,13-14,17-18H,3-4,8,10-11H2,1-2H3. The van der Waals surface area contributed by atoms with E-state index >= 15 is 0 Å². The zero-order valence-corrected chi connectivity index (χ0v) is 14.4. The van der Waals surface area contributed by atoms with E-state index in [9.17, 15) is 0 Å². The molecule has 1 aliphatic heterocycles. The first-order valence-corrected chi connectivity index (χ1v) is 8.66. The van der Waals surface area contributed by atoms with E-state index in [0.29, 0.717) is 18.5 Å². The maximum Gasteiger partial charge on any atom is 0.0625 e. The Balaban J connectivity index is 1.90. The average molecular weight is 320 g/mol. The molecule has 3 rings (SSSR count). The number of aryl methyl sites for hydroxylation is 2. The van der Waals surface area contributed by atoms with Gasteiger partial charge in [-0.3, -0.25) is 14.9 Å². The van der Waals surface area contributed by atoms with Crippen LogP contribution < -0.4 is 0 Å². The van der Waals surface area contributed by atoms with Crippen molar-refractivity contribution in [2.75, 3.05) is 7.05 Å². The number of pyridine rings is 2. The van der Waals surface area contributed by atoms with E-state index in [4.69, 9.17) is 5.26 Å². The van der Waals surface area contributed by atoms with Crippen molar-refractivity contribution in [3.8, 4) is 6.07 Å². The lowest BCUT2D eigenvalue weighted by Crippen LogP contribution is -2.35. The van der Waals surface area contributed by atoms with Crippen molar-refractivity contribution in [2.45, 2.75) is 51.1 Å². The molecule has 0 bridgehead atoms. The number of piperidine rings is 1. The van der Waals surface area contributed by atoms with Crippen molar-refractivity contribution >= 4 is 0 Å². The van der Waals surface area contributed by atoms with Crippen LogP contribution in [0.15, 0.2) is 36.7 Å². The van der Waals surface area contributed by atoms with E-state index in [-0.39, 0.29) is 0 Å². The van der Waals surface area contributed by atoms with Gasteiger partial charge in [0.2, 0.25) is 0 Å². The van der Waals surface area contributed by atoms with Gasteiger partial charge in [-0.1, -0.05) is 12.1 Å². The normalized spacial score (nSPS) is 21.4. The van der Waals surface area contributed by atoms with Crippen molar-refractivity contribution in [3.05, 3.63) is 59.2 Å². The van der Waals surface area contributed by atoms with E-state index in [1.54, 1.807) is 0 Å². The molecule has 1 saturated heterocycles. The van der Waals surface area contributed by atoms with Gasteiger partial charge in [-0.25, -0.2) is 0 Å². The Kier molecular flexibility index (Phi) is 5.22. The minimum Gasteiger partial charge on any atom is -0.289 e. The second-order valence-corrected chi connectivity index (χ2v) is 6.54. The number of rotatable bonds is 4. The second-order valence-electron chi connectivity index (χ2n) is 6.54. The number of nitriles is 1. The van der Waals surface area contributed by atoms with Crippen LogP contribution in [0.4, 0.5) is 0 Å². The zero-order valence-electron chi connectivity index (χ0n) is 14.4. The van der Waals surface area contributed by atoms with E-state index in [1.165, 1.54) is 23.2 Å². The highest BCUT2D eigenvalue weighted by atomic mass is 15.2. The molecular formula is C20H24N4. The molecule has 0 N–H and O–H groups in total. The molecule has 4 heteroatoms. The van der Waals surface area contributed by atoms with Gasteiger partial charge < -0.3 is 0 Å². The molecule has 124 valence electrons. The van der Waals surface area contributed by atoms with Gasteiger partial charge in [-0.15, -0.1) is 0 Å². The molecule has 1 aliphatic rings. The molecule has 1 fully saturated rings. The van der Waals surface area contributed by atoms with Gasteiger partial charge in [-0.05, 0) is 62.9 Å². The summed E-state index contributed by atoms with van der Waals surface area (Å²) in [5, 5.41) is 8.91. The summed E-state index contributed by atoms with van der Waals surface area (Å²) in [7, 11) is 2.19. The van der Waals surface area contributed by atoms with Gasteiger partial charge in [0.05, 0.1) is 29.5 Å². The number of hydrogen-bond acceptors (Lipinski definition) is 4. The number of nitrogens with zero attached hydrogens (tertiary/aromatic N) is 4. The van der Waals surface area contributed by atoms with Gasteiger partial charge >= 0.3 is 0 Å². The highest BCUT2D eigenvalue weighted by molar-refractivity contribution is 5.27. The lowest BCUT2D eigenvalue weighted by Gasteiger charge is -2.40. The molecule has 4 nitrogen and oxygen atoms in total. The van der Waals surface area contributed by atoms with Crippen LogP contribution in [0.5, 0.6) is 0 Å². The highest BCUT2D eigenvalue weighted by Gasteiger charge is 2.32. The maximum absolute atomic E-state index is 8.91. The Bertz CT molecular complexity index is 734. The number of hydrogen-bond donors (Lipinski definition) is 0. The van der Waals surface area contributed by atoms with Gasteiger partial charge in [0.15, 0.2) is 0 Å². The first-order chi connectivity index (χ1) is 11.7. The molecule has 2 aromatic rings. The zero-order chi connectivity index (χ0) is 16.9. The fraction of sp³-hybridized carbons (Fsp3) is 0.450. The van der Waals surface area contributed by atoms with Crippen LogP contribution in [-0.2, 0) is 6.42 Å². The maximum atomic E-state index is 8.91. The molecule has 0 amide bonds. The lowest BCUT2D eigenvalue weighted by molar-refractivity contribution is 0.108. The van der Waals surface area contributed by atoms with Crippen LogP contribution in [-0.4, -0.2) is 21.9 Å². The SMILES string of the molecule is Cc1cccnc1C1CCCC(c2ncccc2CCC#N)N1C. The smallest absolute Gasteiger partial charge is 0.0625 e. The molecule has 2 atom stereocenters. The number of aromatic nitrogens is 2. The van der Waals surface area contributed by atoms with Crippen molar-refractivity contribution in [3.63, 3.8) is 0 Å². The molecule has 0 radical (unpaired) electrons. The molecule has 24 heavy (non-hydrogen) atoms. The van der Waals surface area contributed by atoms with E-state index in [2.05, 4.69) is 47.0 Å². The summed E-state index contributed by atoms with van der Waals surface area (Å²) in [6.45, 7) is 2.14. The van der Waals surface area contributed by atoms with Crippen molar-refractivity contribution in [1.82, 2.24) is 14.9 Å². The molecule has 0 saturated carbocycles. The largest absolute Gasteiger partial charge is 0.289 e. The third kappa shape index (κ3) is 3.32. The second kappa shape index (κ2) is 7.55. The summed E-state index contributed by atoms with van der Waals surface area (Å²) >= 11 is 0. The van der Waals surface area contributed by atoms with Crippen LogP contribution in [0.3, 0.4) is 0 Å². The Morgan fingerprint density at radius 3 is 2.50 bits per heavy atom. The minimum absolute atomic E-state index is 0.292. The van der Waals surface area contributed by atoms with Gasteiger partial charge in [0, 0.05) is 18.8 Å². The predicted molar refractivity (Wildman–Crippen MR) is 94.2 cm³/mol. The third-order valence-electron chi connectivity index (χ3n) is 5.05. The van der Waals surface area contributed by atoms with Crippen LogP contribution >= 0.6 is 0 Å². The number of likely N-dealkylation sites (tertiary alicyclic amines) is 1. The van der Waals surface area contributed by atoms with Crippen molar-refractivity contribution in [1.29, 1.82) is 5.26 Å².